The number of amides is 1. The van der Waals surface area contributed by atoms with Crippen LogP contribution in [0, 0.1) is 16.0 Å². The van der Waals surface area contributed by atoms with Crippen molar-refractivity contribution in [1.82, 2.24) is 0 Å². The first kappa shape index (κ1) is 22.5. The highest BCUT2D eigenvalue weighted by Gasteiger charge is 2.16. The van der Waals surface area contributed by atoms with Crippen LogP contribution in [0.15, 0.2) is 48.5 Å². The second-order valence-electron chi connectivity index (χ2n) is 6.82. The summed E-state index contributed by atoms with van der Waals surface area (Å²) in [5.74, 6) is -1.22. The number of ether oxygens (including phenoxy) is 2. The van der Waals surface area contributed by atoms with E-state index in [1.54, 1.807) is 12.1 Å². The van der Waals surface area contributed by atoms with Crippen molar-refractivity contribution in [3.05, 3.63) is 64.2 Å². The highest BCUT2D eigenvalue weighted by Crippen LogP contribution is 2.25. The normalized spacial score (nSPS) is 10.4. The molecular formula is C21H22N2O7. The van der Waals surface area contributed by atoms with Gasteiger partial charge in [-0.15, -0.1) is 0 Å². The largest absolute Gasteiger partial charge is 0.475 e. The number of para-hydroxylation sites is 2. The van der Waals surface area contributed by atoms with Gasteiger partial charge in [0.2, 0.25) is 5.91 Å². The number of nitrogens with one attached hydrogen (secondary N) is 1. The van der Waals surface area contributed by atoms with Crippen LogP contribution in [0.1, 0.15) is 30.6 Å². The minimum atomic E-state index is -0.834. The van der Waals surface area contributed by atoms with Gasteiger partial charge < -0.3 is 14.8 Å². The van der Waals surface area contributed by atoms with E-state index in [1.165, 1.54) is 36.4 Å². The van der Waals surface area contributed by atoms with Crippen LogP contribution in [0.3, 0.4) is 0 Å². The molecule has 0 radical (unpaired) electrons. The molecule has 9 heteroatoms. The average molecular weight is 414 g/mol. The van der Waals surface area contributed by atoms with Gasteiger partial charge in [0, 0.05) is 23.7 Å². The Bertz CT molecular complexity index is 923. The summed E-state index contributed by atoms with van der Waals surface area (Å²) in [6, 6.07) is 11.8. The van der Waals surface area contributed by atoms with E-state index in [1.807, 2.05) is 13.8 Å². The zero-order chi connectivity index (χ0) is 22.1. The zero-order valence-electron chi connectivity index (χ0n) is 16.6. The Morgan fingerprint density at radius 1 is 1.03 bits per heavy atom. The quantitative estimate of drug-likeness (QED) is 0.273. The molecule has 0 atom stereocenters. The lowest BCUT2D eigenvalue weighted by molar-refractivity contribution is -0.385. The molecule has 0 saturated carbocycles. The first-order valence-electron chi connectivity index (χ1n) is 9.21. The molecular weight excluding hydrogens is 392 g/mol. The van der Waals surface area contributed by atoms with E-state index >= 15 is 0 Å². The smallest absolute Gasteiger partial charge is 0.344 e. The van der Waals surface area contributed by atoms with Crippen molar-refractivity contribution in [3.63, 3.8) is 0 Å². The molecule has 2 rings (SSSR count). The summed E-state index contributed by atoms with van der Waals surface area (Å²) < 4.78 is 9.98. The molecule has 0 heterocycles. The molecule has 0 aliphatic carbocycles. The Labute approximate surface area is 173 Å². The summed E-state index contributed by atoms with van der Waals surface area (Å²) in [6.45, 7) is 2.81. The number of Topliss-reactive ketones (excluding diaryl/α,β-unsaturated/α-hetero) is 1. The standard InChI is InChI=1S/C21H22N2O7/c1-14(2)11-20(25)22-16-9-7-15(8-10-16)18(24)12-30-21(26)13-29-19-6-4-3-5-17(19)23(27)28/h3-10,14H,11-13H2,1-2H3,(H,22,25). The summed E-state index contributed by atoms with van der Waals surface area (Å²) in [6.07, 6.45) is 0.394. The van der Waals surface area contributed by atoms with Crippen LogP contribution in [0.4, 0.5) is 11.4 Å². The van der Waals surface area contributed by atoms with Crippen molar-refractivity contribution in [2.45, 2.75) is 20.3 Å². The first-order chi connectivity index (χ1) is 14.3. The number of nitro groups is 1. The maximum Gasteiger partial charge on any atom is 0.344 e. The van der Waals surface area contributed by atoms with Crippen molar-refractivity contribution >= 4 is 29.0 Å². The number of anilines is 1. The minimum absolute atomic E-state index is 0.0686. The van der Waals surface area contributed by atoms with E-state index in [9.17, 15) is 24.5 Å². The molecule has 0 unspecified atom stereocenters. The molecule has 2 aromatic carbocycles. The molecule has 2 aromatic rings. The number of carbonyl (C=O) groups is 3. The number of rotatable bonds is 10. The SMILES string of the molecule is CC(C)CC(=O)Nc1ccc(C(=O)COC(=O)COc2ccccc2[N+](=O)[O-])cc1. The van der Waals surface area contributed by atoms with E-state index in [4.69, 9.17) is 9.47 Å². The molecule has 1 amide bonds. The van der Waals surface area contributed by atoms with Crippen LogP contribution in [0.2, 0.25) is 0 Å². The Balaban J connectivity index is 1.82. The minimum Gasteiger partial charge on any atom is -0.475 e. The molecule has 9 nitrogen and oxygen atoms in total. The van der Waals surface area contributed by atoms with Gasteiger partial charge >= 0.3 is 11.7 Å². The number of esters is 1. The maximum atomic E-state index is 12.2. The van der Waals surface area contributed by atoms with Gasteiger partial charge in [0.05, 0.1) is 4.92 Å². The fourth-order valence-corrected chi connectivity index (χ4v) is 2.46. The van der Waals surface area contributed by atoms with E-state index < -0.39 is 29.9 Å². The number of benzene rings is 2. The molecule has 1 N–H and O–H groups in total. The third kappa shape index (κ3) is 7.01. The zero-order valence-corrected chi connectivity index (χ0v) is 16.6. The molecule has 0 bridgehead atoms. The molecule has 0 aliphatic rings. The van der Waals surface area contributed by atoms with Crippen LogP contribution in [0.5, 0.6) is 5.75 Å². The lowest BCUT2D eigenvalue weighted by Gasteiger charge is -2.09. The highest BCUT2D eigenvalue weighted by atomic mass is 16.6. The van der Waals surface area contributed by atoms with Gasteiger partial charge in [-0.1, -0.05) is 26.0 Å². The Hall–Kier alpha value is -3.75. The van der Waals surface area contributed by atoms with Crippen LogP contribution in [0.25, 0.3) is 0 Å². The van der Waals surface area contributed by atoms with Crippen molar-refractivity contribution in [1.29, 1.82) is 0 Å². The third-order valence-electron chi connectivity index (χ3n) is 3.86. The molecule has 30 heavy (non-hydrogen) atoms. The molecule has 158 valence electrons. The van der Waals surface area contributed by atoms with Crippen molar-refractivity contribution < 1.29 is 28.8 Å². The average Bonchev–Trinajstić information content (AvgIpc) is 2.70. The molecule has 0 aliphatic heterocycles. The first-order valence-corrected chi connectivity index (χ1v) is 9.21. The van der Waals surface area contributed by atoms with Crippen molar-refractivity contribution in [2.75, 3.05) is 18.5 Å². The van der Waals surface area contributed by atoms with Crippen LogP contribution >= 0.6 is 0 Å². The van der Waals surface area contributed by atoms with Gasteiger partial charge in [-0.05, 0) is 36.2 Å². The highest BCUT2D eigenvalue weighted by molar-refractivity contribution is 5.98. The van der Waals surface area contributed by atoms with E-state index in [-0.39, 0.29) is 23.3 Å². The predicted octanol–water partition coefficient (Wildman–Crippen LogP) is 3.38. The number of ketones is 1. The second kappa shape index (κ2) is 10.7. The lowest BCUT2D eigenvalue weighted by atomic mass is 10.1. The number of carbonyl (C=O) groups excluding carboxylic acids is 3. The number of nitro benzene ring substituents is 1. The number of nitrogens with zero attached hydrogens (tertiary/aromatic N) is 1. The van der Waals surface area contributed by atoms with Gasteiger partial charge in [0.15, 0.2) is 24.7 Å². The summed E-state index contributed by atoms with van der Waals surface area (Å²) in [5.41, 5.74) is 0.596. The lowest BCUT2D eigenvalue weighted by Crippen LogP contribution is -2.20. The Morgan fingerprint density at radius 3 is 2.33 bits per heavy atom. The topological polar surface area (TPSA) is 125 Å². The summed E-state index contributed by atoms with van der Waals surface area (Å²) >= 11 is 0. The van der Waals surface area contributed by atoms with Gasteiger partial charge in [-0.3, -0.25) is 19.7 Å². The second-order valence-corrected chi connectivity index (χ2v) is 6.82. The van der Waals surface area contributed by atoms with Crippen molar-refractivity contribution in [3.8, 4) is 5.75 Å². The summed E-state index contributed by atoms with van der Waals surface area (Å²) in [5, 5.41) is 13.6. The van der Waals surface area contributed by atoms with Gasteiger partial charge in [0.25, 0.3) is 0 Å². The molecule has 0 saturated heterocycles. The summed E-state index contributed by atoms with van der Waals surface area (Å²) in [7, 11) is 0. The summed E-state index contributed by atoms with van der Waals surface area (Å²) in [4.78, 5) is 46.0. The number of hydrogen-bond acceptors (Lipinski definition) is 7. The number of hydrogen-bond donors (Lipinski definition) is 1. The van der Waals surface area contributed by atoms with E-state index in [0.717, 1.165) is 0 Å². The van der Waals surface area contributed by atoms with Crippen LogP contribution in [-0.4, -0.2) is 35.8 Å². The molecule has 0 fully saturated rings. The molecule has 0 spiro atoms. The van der Waals surface area contributed by atoms with E-state index in [0.29, 0.717) is 17.7 Å². The van der Waals surface area contributed by atoms with E-state index in [2.05, 4.69) is 5.32 Å². The Morgan fingerprint density at radius 2 is 1.70 bits per heavy atom. The van der Waals surface area contributed by atoms with Gasteiger partial charge in [0.1, 0.15) is 0 Å². The monoisotopic (exact) mass is 414 g/mol. The maximum absolute atomic E-state index is 12.2. The third-order valence-corrected chi connectivity index (χ3v) is 3.86. The fraction of sp³-hybridized carbons (Fsp3) is 0.286. The Kier molecular flexibility index (Phi) is 8.04. The van der Waals surface area contributed by atoms with Crippen molar-refractivity contribution in [2.24, 2.45) is 5.92 Å². The fourth-order valence-electron chi connectivity index (χ4n) is 2.46. The molecule has 0 aromatic heterocycles. The van der Waals surface area contributed by atoms with Crippen LogP contribution in [-0.2, 0) is 14.3 Å². The van der Waals surface area contributed by atoms with Crippen LogP contribution < -0.4 is 10.1 Å². The van der Waals surface area contributed by atoms with Gasteiger partial charge in [-0.2, -0.15) is 0 Å². The van der Waals surface area contributed by atoms with Gasteiger partial charge in [-0.25, -0.2) is 4.79 Å². The predicted molar refractivity (Wildman–Crippen MR) is 108 cm³/mol.